The van der Waals surface area contributed by atoms with Crippen molar-refractivity contribution in [3.05, 3.63) is 82.5 Å². The summed E-state index contributed by atoms with van der Waals surface area (Å²) in [4.78, 5) is 25.4. The predicted octanol–water partition coefficient (Wildman–Crippen LogP) is 7.10. The van der Waals surface area contributed by atoms with Gasteiger partial charge in [0.25, 0.3) is 5.91 Å². The molecule has 0 aliphatic heterocycles. The first-order chi connectivity index (χ1) is 19.7. The minimum Gasteiger partial charge on any atom is -0.406 e. The Kier molecular flexibility index (Phi) is 7.34. The molecule has 0 unspecified atom stereocenters. The number of hydrogen-bond acceptors (Lipinski definition) is 4. The molecular weight excluding hydrogens is 590 g/mol. The van der Waals surface area contributed by atoms with E-state index < -0.39 is 29.8 Å². The number of fused-ring (bicyclic) bond motifs is 1. The van der Waals surface area contributed by atoms with Crippen LogP contribution in [0.3, 0.4) is 0 Å². The SMILES string of the molecule is Cc1cc(OC(F)(F)F)ccc1-n1ncc2c(NC(=O)c3cc(CNC(=O)C4(C(F)(F)F)CC4)ccc3Cl)cccc21. The topological polar surface area (TPSA) is 85.2 Å². The predicted molar refractivity (Wildman–Crippen MR) is 141 cm³/mol. The second kappa shape index (κ2) is 10.5. The number of hydrogen-bond donors (Lipinski definition) is 2. The molecule has 5 rings (SSSR count). The Labute approximate surface area is 239 Å². The Morgan fingerprint density at radius 3 is 2.43 bits per heavy atom. The van der Waals surface area contributed by atoms with Crippen LogP contribution in [0.5, 0.6) is 5.75 Å². The van der Waals surface area contributed by atoms with Gasteiger partial charge >= 0.3 is 12.5 Å². The van der Waals surface area contributed by atoms with Gasteiger partial charge in [0.2, 0.25) is 5.91 Å². The van der Waals surface area contributed by atoms with Crippen LogP contribution in [0.2, 0.25) is 5.02 Å². The summed E-state index contributed by atoms with van der Waals surface area (Å²) >= 11 is 6.24. The van der Waals surface area contributed by atoms with Gasteiger partial charge in [-0.25, -0.2) is 4.68 Å². The normalized spacial score (nSPS) is 14.5. The number of benzene rings is 3. The number of carbonyl (C=O) groups is 2. The van der Waals surface area contributed by atoms with Gasteiger partial charge in [-0.2, -0.15) is 18.3 Å². The van der Waals surface area contributed by atoms with E-state index in [1.54, 1.807) is 25.1 Å². The fourth-order valence-corrected chi connectivity index (χ4v) is 4.78. The highest BCUT2D eigenvalue weighted by Crippen LogP contribution is 2.57. The lowest BCUT2D eigenvalue weighted by Gasteiger charge is -2.18. The monoisotopic (exact) mass is 610 g/mol. The van der Waals surface area contributed by atoms with Crippen molar-refractivity contribution in [1.29, 1.82) is 0 Å². The molecule has 0 atom stereocenters. The summed E-state index contributed by atoms with van der Waals surface area (Å²) in [6.07, 6.45) is -8.53. The highest BCUT2D eigenvalue weighted by molar-refractivity contribution is 6.34. The zero-order chi connectivity index (χ0) is 30.4. The molecule has 3 aromatic carbocycles. The van der Waals surface area contributed by atoms with Crippen LogP contribution < -0.4 is 15.4 Å². The number of rotatable bonds is 7. The summed E-state index contributed by atoms with van der Waals surface area (Å²) in [5.74, 6) is -2.11. The average Bonchev–Trinajstić information content (AvgIpc) is 3.62. The molecule has 1 saturated carbocycles. The van der Waals surface area contributed by atoms with Crippen molar-refractivity contribution in [3.63, 3.8) is 0 Å². The highest BCUT2D eigenvalue weighted by Gasteiger charge is 2.68. The van der Waals surface area contributed by atoms with Gasteiger partial charge in [0.1, 0.15) is 11.2 Å². The second-order valence-electron chi connectivity index (χ2n) is 9.82. The molecule has 220 valence electrons. The average molecular weight is 611 g/mol. The van der Waals surface area contributed by atoms with Crippen molar-refractivity contribution in [2.75, 3.05) is 5.32 Å². The maximum Gasteiger partial charge on any atom is 0.573 e. The third kappa shape index (κ3) is 5.73. The molecule has 0 saturated heterocycles. The Morgan fingerprint density at radius 2 is 1.79 bits per heavy atom. The molecular formula is C28H21ClF6N4O3. The van der Waals surface area contributed by atoms with E-state index in [4.69, 9.17) is 11.6 Å². The standard InChI is InChI=1S/C28H21ClF6N4O3/c1-15-11-17(42-28(33,34)35)6-8-22(15)39-23-4-2-3-21(19(23)14-37-39)38-24(40)18-12-16(5-7-20(18)29)13-36-25(41)26(9-10-26)27(30,31)32/h2-8,11-12,14H,9-10,13H2,1H3,(H,36,41)(H,38,40). The molecule has 1 aromatic heterocycles. The van der Waals surface area contributed by atoms with Crippen molar-refractivity contribution < 1.29 is 40.7 Å². The van der Waals surface area contributed by atoms with Crippen molar-refractivity contribution in [2.24, 2.45) is 5.41 Å². The van der Waals surface area contributed by atoms with Crippen LogP contribution in [-0.4, -0.2) is 34.1 Å². The Balaban J connectivity index is 1.35. The number of nitrogens with zero attached hydrogens (tertiary/aromatic N) is 2. The number of aryl methyl sites for hydroxylation is 1. The molecule has 2 amide bonds. The molecule has 1 heterocycles. The summed E-state index contributed by atoms with van der Waals surface area (Å²) in [7, 11) is 0. The lowest BCUT2D eigenvalue weighted by molar-refractivity contribution is -0.274. The first kappa shape index (κ1) is 29.2. The lowest BCUT2D eigenvalue weighted by Crippen LogP contribution is -2.40. The number of halogens is 7. The van der Waals surface area contributed by atoms with E-state index in [-0.39, 0.29) is 35.7 Å². The van der Waals surface area contributed by atoms with Crippen LogP contribution in [0.1, 0.15) is 34.3 Å². The molecule has 1 aliphatic carbocycles. The van der Waals surface area contributed by atoms with Gasteiger partial charge in [0, 0.05) is 11.9 Å². The summed E-state index contributed by atoms with van der Waals surface area (Å²) < 4.78 is 82.9. The number of alkyl halides is 6. The van der Waals surface area contributed by atoms with Crippen LogP contribution in [0.4, 0.5) is 32.0 Å². The Bertz CT molecular complexity index is 1700. The molecule has 0 radical (unpaired) electrons. The van der Waals surface area contributed by atoms with Crippen LogP contribution in [0, 0.1) is 12.3 Å². The van der Waals surface area contributed by atoms with Gasteiger partial charge in [0.15, 0.2) is 0 Å². The van der Waals surface area contributed by atoms with Crippen molar-refractivity contribution >= 4 is 40.0 Å². The lowest BCUT2D eigenvalue weighted by atomic mass is 10.1. The van der Waals surface area contributed by atoms with Gasteiger partial charge in [0.05, 0.1) is 33.7 Å². The summed E-state index contributed by atoms with van der Waals surface area (Å²) in [6.45, 7) is 1.37. The van der Waals surface area contributed by atoms with Crippen molar-refractivity contribution in [2.45, 2.75) is 38.8 Å². The largest absolute Gasteiger partial charge is 0.573 e. The number of anilines is 1. The zero-order valence-corrected chi connectivity index (χ0v) is 22.4. The van der Waals surface area contributed by atoms with Crippen LogP contribution >= 0.6 is 11.6 Å². The van der Waals surface area contributed by atoms with Gasteiger partial charge in [-0.1, -0.05) is 23.7 Å². The second-order valence-corrected chi connectivity index (χ2v) is 10.2. The first-order valence-corrected chi connectivity index (χ1v) is 12.8. The number of aromatic nitrogens is 2. The van der Waals surface area contributed by atoms with Crippen LogP contribution in [0.15, 0.2) is 60.8 Å². The summed E-state index contributed by atoms with van der Waals surface area (Å²) in [5, 5.41) is 9.98. The van der Waals surface area contributed by atoms with Crippen LogP contribution in [0.25, 0.3) is 16.6 Å². The van der Waals surface area contributed by atoms with E-state index in [1.807, 2.05) is 0 Å². The number of nitrogens with one attached hydrogen (secondary N) is 2. The molecule has 0 spiro atoms. The summed E-state index contributed by atoms with van der Waals surface area (Å²) in [6, 6.07) is 13.1. The molecule has 4 aromatic rings. The van der Waals surface area contributed by atoms with Gasteiger partial charge in [-0.3, -0.25) is 9.59 Å². The summed E-state index contributed by atoms with van der Waals surface area (Å²) in [5.41, 5.74) is -0.124. The van der Waals surface area contributed by atoms with E-state index in [9.17, 15) is 35.9 Å². The molecule has 1 aliphatic rings. The van der Waals surface area contributed by atoms with Crippen LogP contribution in [-0.2, 0) is 11.3 Å². The molecule has 1 fully saturated rings. The van der Waals surface area contributed by atoms with Crippen molar-refractivity contribution in [3.8, 4) is 11.4 Å². The fourth-order valence-electron chi connectivity index (χ4n) is 4.58. The van der Waals surface area contributed by atoms with E-state index >= 15 is 0 Å². The van der Waals surface area contributed by atoms with E-state index in [0.29, 0.717) is 33.4 Å². The van der Waals surface area contributed by atoms with Gasteiger partial charge < -0.3 is 15.4 Å². The smallest absolute Gasteiger partial charge is 0.406 e. The molecule has 2 N–H and O–H groups in total. The third-order valence-corrected chi connectivity index (χ3v) is 7.28. The van der Waals surface area contributed by atoms with E-state index in [0.717, 1.165) is 0 Å². The molecule has 0 bridgehead atoms. The molecule has 7 nitrogen and oxygen atoms in total. The minimum atomic E-state index is -4.83. The maximum atomic E-state index is 13.2. The number of carbonyl (C=O) groups excluding carboxylic acids is 2. The molecule has 14 heteroatoms. The quantitative estimate of drug-likeness (QED) is 0.219. The van der Waals surface area contributed by atoms with Crippen molar-refractivity contribution in [1.82, 2.24) is 15.1 Å². The zero-order valence-electron chi connectivity index (χ0n) is 21.7. The number of ether oxygens (including phenoxy) is 1. The Hall–Kier alpha value is -4.26. The maximum absolute atomic E-state index is 13.2. The van der Waals surface area contributed by atoms with E-state index in [2.05, 4.69) is 20.5 Å². The van der Waals surface area contributed by atoms with Gasteiger partial charge in [-0.15, -0.1) is 13.2 Å². The third-order valence-electron chi connectivity index (χ3n) is 6.95. The Morgan fingerprint density at radius 1 is 1.05 bits per heavy atom. The minimum absolute atomic E-state index is 0.0286. The van der Waals surface area contributed by atoms with Gasteiger partial charge in [-0.05, 0) is 73.4 Å². The highest BCUT2D eigenvalue weighted by atomic mass is 35.5. The van der Waals surface area contributed by atoms with E-state index in [1.165, 1.54) is 47.3 Å². The fraction of sp³-hybridized carbons (Fsp3) is 0.250. The molecule has 42 heavy (non-hydrogen) atoms. The number of amides is 2. The first-order valence-electron chi connectivity index (χ1n) is 12.5.